The van der Waals surface area contributed by atoms with Crippen LogP contribution in [0.1, 0.15) is 35.4 Å². The first-order valence-corrected chi connectivity index (χ1v) is 9.07. The van der Waals surface area contributed by atoms with Gasteiger partial charge in [0, 0.05) is 37.5 Å². The topological polar surface area (TPSA) is 77.2 Å². The number of nitrogens with zero attached hydrogens (tertiary/aromatic N) is 4. The molecule has 0 aromatic carbocycles. The second kappa shape index (κ2) is 5.70. The molecule has 2 aromatic rings. The van der Waals surface area contributed by atoms with E-state index < -0.39 is 11.1 Å². The van der Waals surface area contributed by atoms with Gasteiger partial charge in [-0.05, 0) is 30.7 Å². The summed E-state index contributed by atoms with van der Waals surface area (Å²) in [6.07, 6.45) is 0.823. The van der Waals surface area contributed by atoms with Crippen LogP contribution in [0.2, 0.25) is 0 Å². The van der Waals surface area contributed by atoms with E-state index in [9.17, 15) is 14.4 Å². The van der Waals surface area contributed by atoms with Gasteiger partial charge >= 0.3 is 11.1 Å². The number of rotatable bonds is 2. The maximum atomic E-state index is 12.6. The summed E-state index contributed by atoms with van der Waals surface area (Å²) in [6.45, 7) is 3.93. The molecule has 0 bridgehead atoms. The van der Waals surface area contributed by atoms with Gasteiger partial charge in [0.15, 0.2) is 0 Å². The molecule has 0 radical (unpaired) electrons. The SMILES string of the molecule is CCn1nc2n(c(=O)c1=O)CC1CCN(C(=O)c3ccsc3)CC21. The van der Waals surface area contributed by atoms with Crippen LogP contribution in [0.15, 0.2) is 26.4 Å². The predicted octanol–water partition coefficient (Wildman–Crippen LogP) is 0.746. The lowest BCUT2D eigenvalue weighted by Crippen LogP contribution is -2.44. The van der Waals surface area contributed by atoms with Crippen LogP contribution in [0, 0.1) is 5.92 Å². The number of aromatic nitrogens is 3. The molecule has 2 aliphatic rings. The zero-order valence-electron chi connectivity index (χ0n) is 13.3. The molecule has 4 heterocycles. The summed E-state index contributed by atoms with van der Waals surface area (Å²) in [5.41, 5.74) is -0.349. The highest BCUT2D eigenvalue weighted by molar-refractivity contribution is 7.08. The van der Waals surface area contributed by atoms with Crippen molar-refractivity contribution in [1.82, 2.24) is 19.2 Å². The zero-order chi connectivity index (χ0) is 16.8. The van der Waals surface area contributed by atoms with Crippen molar-refractivity contribution >= 4 is 17.2 Å². The molecule has 24 heavy (non-hydrogen) atoms. The molecule has 0 aliphatic carbocycles. The average molecular weight is 346 g/mol. The molecule has 0 N–H and O–H groups in total. The van der Waals surface area contributed by atoms with E-state index >= 15 is 0 Å². The highest BCUT2D eigenvalue weighted by Crippen LogP contribution is 2.37. The van der Waals surface area contributed by atoms with Crippen molar-refractivity contribution in [2.45, 2.75) is 32.4 Å². The van der Waals surface area contributed by atoms with E-state index in [1.807, 2.05) is 21.7 Å². The monoisotopic (exact) mass is 346 g/mol. The molecular formula is C16H18N4O3S. The van der Waals surface area contributed by atoms with E-state index in [1.165, 1.54) is 20.6 Å². The van der Waals surface area contributed by atoms with E-state index in [4.69, 9.17) is 0 Å². The Bertz CT molecular complexity index is 899. The Kier molecular flexibility index (Phi) is 3.64. The third-order valence-corrected chi connectivity index (χ3v) is 5.71. The van der Waals surface area contributed by atoms with Gasteiger partial charge in [0.25, 0.3) is 5.91 Å². The van der Waals surface area contributed by atoms with E-state index in [0.717, 1.165) is 6.42 Å². The normalized spacial score (nSPS) is 22.3. The van der Waals surface area contributed by atoms with Crippen LogP contribution < -0.4 is 11.1 Å². The number of amides is 1. The van der Waals surface area contributed by atoms with Crippen molar-refractivity contribution in [2.75, 3.05) is 13.1 Å². The predicted molar refractivity (Wildman–Crippen MR) is 89.5 cm³/mol. The number of likely N-dealkylation sites (tertiary alicyclic amines) is 1. The van der Waals surface area contributed by atoms with Crippen molar-refractivity contribution in [3.8, 4) is 0 Å². The average Bonchev–Trinajstić information content (AvgIpc) is 3.24. The Morgan fingerprint density at radius 2 is 2.17 bits per heavy atom. The van der Waals surface area contributed by atoms with E-state index in [-0.39, 0.29) is 17.7 Å². The van der Waals surface area contributed by atoms with Crippen LogP contribution in [-0.4, -0.2) is 38.2 Å². The van der Waals surface area contributed by atoms with Crippen LogP contribution in [0.3, 0.4) is 0 Å². The lowest BCUT2D eigenvalue weighted by atomic mass is 9.87. The third kappa shape index (κ3) is 2.24. The van der Waals surface area contributed by atoms with Crippen LogP contribution in [0.5, 0.6) is 0 Å². The quantitative estimate of drug-likeness (QED) is 0.752. The summed E-state index contributed by atoms with van der Waals surface area (Å²) >= 11 is 1.51. The smallest absolute Gasteiger partial charge is 0.332 e. The molecule has 1 amide bonds. The lowest BCUT2D eigenvalue weighted by Gasteiger charge is -2.34. The molecule has 1 fully saturated rings. The van der Waals surface area contributed by atoms with Gasteiger partial charge < -0.3 is 4.90 Å². The Hall–Kier alpha value is -2.22. The number of aryl methyl sites for hydroxylation is 1. The number of thiophene rings is 1. The minimum absolute atomic E-state index is 0.0208. The first-order chi connectivity index (χ1) is 11.6. The Balaban J connectivity index is 1.68. The Morgan fingerprint density at radius 1 is 1.33 bits per heavy atom. The van der Waals surface area contributed by atoms with Gasteiger partial charge in [0.2, 0.25) is 0 Å². The fourth-order valence-electron chi connectivity index (χ4n) is 3.72. The number of piperidine rings is 1. The van der Waals surface area contributed by atoms with Crippen LogP contribution in [0.25, 0.3) is 0 Å². The van der Waals surface area contributed by atoms with E-state index in [1.54, 1.807) is 6.92 Å². The largest absolute Gasteiger partial charge is 0.338 e. The van der Waals surface area contributed by atoms with Gasteiger partial charge in [-0.25, -0.2) is 4.68 Å². The van der Waals surface area contributed by atoms with Gasteiger partial charge in [-0.3, -0.25) is 19.0 Å². The molecule has 126 valence electrons. The summed E-state index contributed by atoms with van der Waals surface area (Å²) in [6, 6.07) is 1.83. The molecular weight excluding hydrogens is 328 g/mol. The number of fused-ring (bicyclic) bond motifs is 3. The molecule has 2 atom stereocenters. The van der Waals surface area contributed by atoms with Crippen molar-refractivity contribution < 1.29 is 4.79 Å². The minimum Gasteiger partial charge on any atom is -0.338 e. The fraction of sp³-hybridized carbons (Fsp3) is 0.500. The summed E-state index contributed by atoms with van der Waals surface area (Å²) in [7, 11) is 0. The van der Waals surface area contributed by atoms with Crippen LogP contribution in [-0.2, 0) is 13.1 Å². The van der Waals surface area contributed by atoms with Gasteiger partial charge in [0.05, 0.1) is 5.56 Å². The van der Waals surface area contributed by atoms with Gasteiger partial charge in [-0.2, -0.15) is 16.4 Å². The Labute approximate surface area is 142 Å². The van der Waals surface area contributed by atoms with Gasteiger partial charge in [-0.1, -0.05) is 0 Å². The molecule has 0 saturated carbocycles. The molecule has 4 rings (SSSR count). The number of hydrogen-bond acceptors (Lipinski definition) is 5. The summed E-state index contributed by atoms with van der Waals surface area (Å²) < 4.78 is 2.75. The molecule has 2 aromatic heterocycles. The number of hydrogen-bond donors (Lipinski definition) is 0. The second-order valence-corrected chi connectivity index (χ2v) is 7.09. The van der Waals surface area contributed by atoms with Gasteiger partial charge in [0.1, 0.15) is 5.82 Å². The molecule has 2 unspecified atom stereocenters. The second-order valence-electron chi connectivity index (χ2n) is 6.31. The van der Waals surface area contributed by atoms with E-state index in [0.29, 0.717) is 37.6 Å². The first kappa shape index (κ1) is 15.3. The third-order valence-electron chi connectivity index (χ3n) is 5.02. The first-order valence-electron chi connectivity index (χ1n) is 8.13. The fourth-order valence-corrected chi connectivity index (χ4v) is 4.35. The maximum Gasteiger partial charge on any atom is 0.332 e. The Morgan fingerprint density at radius 3 is 2.88 bits per heavy atom. The molecule has 1 saturated heterocycles. The molecule has 2 aliphatic heterocycles. The van der Waals surface area contributed by atoms with E-state index in [2.05, 4.69) is 5.10 Å². The number of carbonyl (C=O) groups is 1. The van der Waals surface area contributed by atoms with Crippen molar-refractivity contribution in [2.24, 2.45) is 5.92 Å². The summed E-state index contributed by atoms with van der Waals surface area (Å²) in [4.78, 5) is 38.7. The highest BCUT2D eigenvalue weighted by Gasteiger charge is 2.41. The van der Waals surface area contributed by atoms with Crippen molar-refractivity contribution in [3.05, 3.63) is 48.9 Å². The number of carbonyl (C=O) groups excluding carboxylic acids is 1. The van der Waals surface area contributed by atoms with Crippen LogP contribution >= 0.6 is 11.3 Å². The minimum atomic E-state index is -0.564. The zero-order valence-corrected chi connectivity index (χ0v) is 14.2. The summed E-state index contributed by atoms with van der Waals surface area (Å²) in [5, 5.41) is 8.15. The molecule has 8 heteroatoms. The molecule has 0 spiro atoms. The lowest BCUT2D eigenvalue weighted by molar-refractivity contribution is 0.0668. The standard InChI is InChI=1S/C16H18N4O3S/c1-2-20-16(23)15(22)19-7-10-3-5-18(8-12(10)13(19)17-20)14(21)11-4-6-24-9-11/h4,6,9-10,12H,2-3,5,7-8H2,1H3. The van der Waals surface area contributed by atoms with Crippen LogP contribution in [0.4, 0.5) is 0 Å². The van der Waals surface area contributed by atoms with Gasteiger partial charge in [-0.15, -0.1) is 0 Å². The highest BCUT2D eigenvalue weighted by atomic mass is 32.1. The van der Waals surface area contributed by atoms with Crippen molar-refractivity contribution in [3.63, 3.8) is 0 Å². The summed E-state index contributed by atoms with van der Waals surface area (Å²) in [5.74, 6) is 0.963. The molecule has 7 nitrogen and oxygen atoms in total. The maximum absolute atomic E-state index is 12.6. The van der Waals surface area contributed by atoms with Crippen molar-refractivity contribution in [1.29, 1.82) is 0 Å².